The Balaban J connectivity index is 1.87. The number of nitrogens with zero attached hydrogens (tertiary/aromatic N) is 3. The van der Waals surface area contributed by atoms with Crippen molar-refractivity contribution in [2.24, 2.45) is 0 Å². The number of nitrogen functional groups attached to an aromatic ring is 1. The number of rotatable bonds is 3. The minimum Gasteiger partial charge on any atom is -0.386 e. The van der Waals surface area contributed by atoms with E-state index in [2.05, 4.69) is 9.97 Å². The molecule has 3 rings (SSSR count). The highest BCUT2D eigenvalue weighted by Crippen LogP contribution is 2.20. The summed E-state index contributed by atoms with van der Waals surface area (Å²) >= 11 is 0. The van der Waals surface area contributed by atoms with Crippen molar-refractivity contribution in [3.63, 3.8) is 0 Å². The normalized spacial score (nSPS) is 12.7. The third-order valence-corrected chi connectivity index (χ3v) is 3.06. The third kappa shape index (κ3) is 2.28. The molecule has 3 heterocycles. The minimum absolute atomic E-state index is 0.406. The maximum Gasteiger partial charge on any atom is 0.137 e. The van der Waals surface area contributed by atoms with Gasteiger partial charge >= 0.3 is 0 Å². The average molecular weight is 254 g/mol. The molecule has 96 valence electrons. The van der Waals surface area contributed by atoms with Gasteiger partial charge < -0.3 is 15.2 Å². The molecule has 5 heteroatoms. The number of hydrogen-bond acceptors (Lipinski definition) is 4. The summed E-state index contributed by atoms with van der Waals surface area (Å²) in [5, 5.41) is 10.2. The molecule has 3 N–H and O–H groups in total. The van der Waals surface area contributed by atoms with Crippen LogP contribution in [0.4, 0.5) is 5.82 Å². The number of pyridine rings is 2. The van der Waals surface area contributed by atoms with E-state index in [1.807, 2.05) is 47.1 Å². The van der Waals surface area contributed by atoms with Gasteiger partial charge in [0.25, 0.3) is 0 Å². The molecule has 5 nitrogen and oxygen atoms in total. The molecule has 0 aliphatic rings. The molecule has 19 heavy (non-hydrogen) atoms. The molecule has 0 fully saturated rings. The second kappa shape index (κ2) is 4.70. The Morgan fingerprint density at radius 2 is 2.16 bits per heavy atom. The lowest BCUT2D eigenvalue weighted by Crippen LogP contribution is -2.05. The summed E-state index contributed by atoms with van der Waals surface area (Å²) in [5.74, 6) is 0.449. The van der Waals surface area contributed by atoms with Gasteiger partial charge in [0.1, 0.15) is 17.6 Å². The summed E-state index contributed by atoms with van der Waals surface area (Å²) < 4.78 is 1.88. The molecule has 0 radical (unpaired) electrons. The number of aliphatic hydroxyl groups is 1. The second-order valence-electron chi connectivity index (χ2n) is 4.40. The number of aliphatic hydroxyl groups excluding tert-OH is 1. The molecule has 0 amide bonds. The Morgan fingerprint density at radius 3 is 2.95 bits per heavy atom. The van der Waals surface area contributed by atoms with Gasteiger partial charge in [-0.2, -0.15) is 0 Å². The number of fused-ring (bicyclic) bond motifs is 1. The van der Waals surface area contributed by atoms with E-state index in [-0.39, 0.29) is 0 Å². The Morgan fingerprint density at radius 1 is 1.26 bits per heavy atom. The van der Waals surface area contributed by atoms with E-state index < -0.39 is 6.10 Å². The first-order valence-electron chi connectivity index (χ1n) is 6.05. The van der Waals surface area contributed by atoms with Crippen LogP contribution in [0.1, 0.15) is 17.4 Å². The van der Waals surface area contributed by atoms with Gasteiger partial charge in [0, 0.05) is 25.0 Å². The van der Waals surface area contributed by atoms with Crippen molar-refractivity contribution in [1.29, 1.82) is 0 Å². The van der Waals surface area contributed by atoms with Crippen LogP contribution in [0.2, 0.25) is 0 Å². The fraction of sp³-hybridized carbons (Fsp3) is 0.143. The Kier molecular flexibility index (Phi) is 2.89. The van der Waals surface area contributed by atoms with Crippen LogP contribution in [0.5, 0.6) is 0 Å². The zero-order valence-corrected chi connectivity index (χ0v) is 10.3. The fourth-order valence-corrected chi connectivity index (χ4v) is 2.05. The molecular weight excluding hydrogens is 240 g/mol. The lowest BCUT2D eigenvalue weighted by atomic mass is 10.1. The lowest BCUT2D eigenvalue weighted by molar-refractivity contribution is 0.174. The van der Waals surface area contributed by atoms with Gasteiger partial charge in [0.2, 0.25) is 0 Å². The van der Waals surface area contributed by atoms with Gasteiger partial charge in [-0.05, 0) is 23.8 Å². The maximum absolute atomic E-state index is 10.2. The number of anilines is 1. The Bertz CT molecular complexity index is 674. The molecule has 0 saturated carbocycles. The van der Waals surface area contributed by atoms with Crippen molar-refractivity contribution in [3.05, 3.63) is 60.2 Å². The highest BCUT2D eigenvalue weighted by Gasteiger charge is 2.14. The fourth-order valence-electron chi connectivity index (χ4n) is 2.05. The van der Waals surface area contributed by atoms with Crippen molar-refractivity contribution in [2.75, 3.05) is 5.73 Å². The zero-order valence-electron chi connectivity index (χ0n) is 10.3. The van der Waals surface area contributed by atoms with E-state index >= 15 is 0 Å². The SMILES string of the molecule is Nc1ncccc1CC(O)c1cn2ccccc2n1. The first kappa shape index (κ1) is 11.7. The summed E-state index contributed by atoms with van der Waals surface area (Å²) in [6.45, 7) is 0. The molecule has 1 unspecified atom stereocenters. The molecule has 3 aromatic heterocycles. The number of nitrogens with two attached hydrogens (primary N) is 1. The van der Waals surface area contributed by atoms with Crippen molar-refractivity contribution in [2.45, 2.75) is 12.5 Å². The molecule has 0 aromatic carbocycles. The molecule has 1 atom stereocenters. The van der Waals surface area contributed by atoms with Crippen LogP contribution in [0, 0.1) is 0 Å². The molecule has 0 bridgehead atoms. The predicted octanol–water partition coefficient (Wildman–Crippen LogP) is 1.59. The van der Waals surface area contributed by atoms with Crippen LogP contribution >= 0.6 is 0 Å². The van der Waals surface area contributed by atoms with Crippen LogP contribution in [0.25, 0.3) is 5.65 Å². The van der Waals surface area contributed by atoms with Crippen molar-refractivity contribution in [3.8, 4) is 0 Å². The van der Waals surface area contributed by atoms with E-state index in [1.165, 1.54) is 0 Å². The summed E-state index contributed by atoms with van der Waals surface area (Å²) in [6.07, 6.45) is 5.08. The quantitative estimate of drug-likeness (QED) is 0.744. The highest BCUT2D eigenvalue weighted by atomic mass is 16.3. The first-order chi connectivity index (χ1) is 9.24. The lowest BCUT2D eigenvalue weighted by Gasteiger charge is -2.08. The van der Waals surface area contributed by atoms with Crippen LogP contribution in [0.3, 0.4) is 0 Å². The molecule has 0 spiro atoms. The molecule has 0 aliphatic heterocycles. The van der Waals surface area contributed by atoms with Gasteiger partial charge in [0.15, 0.2) is 0 Å². The monoisotopic (exact) mass is 254 g/mol. The van der Waals surface area contributed by atoms with Crippen LogP contribution in [0.15, 0.2) is 48.9 Å². The van der Waals surface area contributed by atoms with E-state index in [9.17, 15) is 5.11 Å². The Hall–Kier alpha value is -2.40. The highest BCUT2D eigenvalue weighted by molar-refractivity contribution is 5.42. The van der Waals surface area contributed by atoms with Crippen LogP contribution in [-0.4, -0.2) is 19.5 Å². The topological polar surface area (TPSA) is 76.4 Å². The van der Waals surface area contributed by atoms with Crippen molar-refractivity contribution in [1.82, 2.24) is 14.4 Å². The number of hydrogen-bond donors (Lipinski definition) is 2. The van der Waals surface area contributed by atoms with Crippen LogP contribution in [-0.2, 0) is 6.42 Å². The van der Waals surface area contributed by atoms with E-state index in [4.69, 9.17) is 5.73 Å². The largest absolute Gasteiger partial charge is 0.386 e. The maximum atomic E-state index is 10.2. The van der Waals surface area contributed by atoms with Gasteiger partial charge in [-0.1, -0.05) is 12.1 Å². The van der Waals surface area contributed by atoms with E-state index in [0.29, 0.717) is 17.9 Å². The smallest absolute Gasteiger partial charge is 0.137 e. The van der Waals surface area contributed by atoms with Crippen LogP contribution < -0.4 is 5.73 Å². The molecule has 3 aromatic rings. The molecule has 0 aliphatic carbocycles. The zero-order chi connectivity index (χ0) is 13.2. The summed E-state index contributed by atoms with van der Waals surface area (Å²) in [5.41, 5.74) is 8.05. The van der Waals surface area contributed by atoms with Gasteiger partial charge in [-0.25, -0.2) is 9.97 Å². The summed E-state index contributed by atoms with van der Waals surface area (Å²) in [4.78, 5) is 8.40. The molecule has 0 saturated heterocycles. The second-order valence-corrected chi connectivity index (χ2v) is 4.40. The minimum atomic E-state index is -0.689. The van der Waals surface area contributed by atoms with Crippen molar-refractivity contribution < 1.29 is 5.11 Å². The van der Waals surface area contributed by atoms with Gasteiger partial charge in [-0.15, -0.1) is 0 Å². The van der Waals surface area contributed by atoms with Gasteiger partial charge in [-0.3, -0.25) is 0 Å². The summed E-state index contributed by atoms with van der Waals surface area (Å²) in [7, 11) is 0. The van der Waals surface area contributed by atoms with E-state index in [0.717, 1.165) is 11.2 Å². The molecular formula is C14H14N4O. The third-order valence-electron chi connectivity index (χ3n) is 3.06. The number of aromatic nitrogens is 3. The van der Waals surface area contributed by atoms with E-state index in [1.54, 1.807) is 6.20 Å². The predicted molar refractivity (Wildman–Crippen MR) is 72.5 cm³/mol. The standard InChI is InChI=1S/C14H14N4O/c15-14-10(4-3-6-16-14)8-12(19)11-9-18-7-2-1-5-13(18)17-11/h1-7,9,12,19H,8H2,(H2,15,16). The van der Waals surface area contributed by atoms with Gasteiger partial charge in [0.05, 0.1) is 5.69 Å². The average Bonchev–Trinajstić information content (AvgIpc) is 2.85. The number of imidazole rings is 1. The Labute approximate surface area is 110 Å². The summed E-state index contributed by atoms with van der Waals surface area (Å²) in [6, 6.07) is 9.40. The van der Waals surface area contributed by atoms with Crippen molar-refractivity contribution >= 4 is 11.5 Å². The first-order valence-corrected chi connectivity index (χ1v) is 6.05.